The first-order valence-electron chi connectivity index (χ1n) is 7.52. The van der Waals surface area contributed by atoms with Crippen molar-refractivity contribution in [3.63, 3.8) is 0 Å². The van der Waals surface area contributed by atoms with Crippen LogP contribution in [0.3, 0.4) is 0 Å². The number of amides is 1. The summed E-state index contributed by atoms with van der Waals surface area (Å²) in [7, 11) is 1.67. The molecular weight excluding hydrogens is 388 g/mol. The van der Waals surface area contributed by atoms with Gasteiger partial charge in [0.1, 0.15) is 0 Å². The lowest BCUT2D eigenvalue weighted by Gasteiger charge is -2.06. The van der Waals surface area contributed by atoms with Gasteiger partial charge in [0.2, 0.25) is 0 Å². The van der Waals surface area contributed by atoms with E-state index < -0.39 is 0 Å². The Morgan fingerprint density at radius 2 is 2.00 bits per heavy atom. The van der Waals surface area contributed by atoms with Crippen molar-refractivity contribution in [2.45, 2.75) is 13.5 Å². The Labute approximate surface area is 152 Å². The molecule has 1 aromatic heterocycles. The molecule has 0 fully saturated rings. The van der Waals surface area contributed by atoms with Crippen LogP contribution in [0.2, 0.25) is 0 Å². The van der Waals surface area contributed by atoms with E-state index in [0.717, 1.165) is 20.3 Å². The van der Waals surface area contributed by atoms with Crippen LogP contribution < -0.4 is 4.80 Å². The third kappa shape index (κ3) is 3.50. The van der Waals surface area contributed by atoms with E-state index in [1.54, 1.807) is 19.2 Å². The van der Waals surface area contributed by atoms with Crippen LogP contribution in [0.1, 0.15) is 15.9 Å². The van der Waals surface area contributed by atoms with Gasteiger partial charge in [-0.3, -0.25) is 4.79 Å². The fourth-order valence-electron chi connectivity index (χ4n) is 2.53. The van der Waals surface area contributed by atoms with Crippen molar-refractivity contribution in [3.8, 4) is 0 Å². The van der Waals surface area contributed by atoms with Gasteiger partial charge in [-0.15, -0.1) is 0 Å². The van der Waals surface area contributed by atoms with Gasteiger partial charge in [-0.25, -0.2) is 0 Å². The highest BCUT2D eigenvalue weighted by Crippen LogP contribution is 2.21. The van der Waals surface area contributed by atoms with Crippen molar-refractivity contribution in [1.82, 2.24) is 4.57 Å². The largest absolute Gasteiger partial charge is 0.383 e. The highest BCUT2D eigenvalue weighted by atomic mass is 79.9. The highest BCUT2D eigenvalue weighted by molar-refractivity contribution is 9.10. The number of rotatable bonds is 4. The van der Waals surface area contributed by atoms with E-state index in [1.165, 1.54) is 11.3 Å². The zero-order chi connectivity index (χ0) is 17.1. The average Bonchev–Trinajstić information content (AvgIpc) is 2.92. The van der Waals surface area contributed by atoms with Crippen LogP contribution >= 0.6 is 27.3 Å². The zero-order valence-corrected chi connectivity index (χ0v) is 15.9. The van der Waals surface area contributed by atoms with Crippen molar-refractivity contribution in [1.29, 1.82) is 0 Å². The lowest BCUT2D eigenvalue weighted by Crippen LogP contribution is -2.19. The van der Waals surface area contributed by atoms with Crippen molar-refractivity contribution in [3.05, 3.63) is 62.9 Å². The number of thiazole rings is 1. The Hall–Kier alpha value is -1.76. The number of hydrogen-bond donors (Lipinski definition) is 0. The van der Waals surface area contributed by atoms with Crippen LogP contribution in [0.25, 0.3) is 10.2 Å². The summed E-state index contributed by atoms with van der Waals surface area (Å²) in [5.41, 5.74) is 2.85. The van der Waals surface area contributed by atoms with E-state index in [1.807, 2.05) is 18.2 Å². The molecule has 0 N–H and O–H groups in total. The number of benzene rings is 2. The first-order valence-corrected chi connectivity index (χ1v) is 9.13. The van der Waals surface area contributed by atoms with Crippen LogP contribution in [-0.2, 0) is 11.3 Å². The highest BCUT2D eigenvalue weighted by Gasteiger charge is 2.10. The standard InChI is InChI=1S/C18H17BrN2O2S/c1-12-4-3-5-15-16(12)21(10-11-23-2)18(24-15)20-17(22)13-6-8-14(19)9-7-13/h3-9H,10-11H2,1-2H3. The normalized spacial score (nSPS) is 12.0. The maximum Gasteiger partial charge on any atom is 0.279 e. The maximum atomic E-state index is 12.5. The number of fused-ring (bicyclic) bond motifs is 1. The minimum absolute atomic E-state index is 0.238. The summed E-state index contributed by atoms with van der Waals surface area (Å²) in [6.45, 7) is 3.30. The van der Waals surface area contributed by atoms with Gasteiger partial charge in [-0.05, 0) is 42.8 Å². The number of halogens is 1. The van der Waals surface area contributed by atoms with Crippen LogP contribution in [0.15, 0.2) is 51.9 Å². The lowest BCUT2D eigenvalue weighted by molar-refractivity contribution is 0.0997. The van der Waals surface area contributed by atoms with Gasteiger partial charge in [-0.2, -0.15) is 4.99 Å². The number of methoxy groups -OCH3 is 1. The first-order chi connectivity index (χ1) is 11.6. The molecule has 24 heavy (non-hydrogen) atoms. The van der Waals surface area contributed by atoms with Crippen molar-refractivity contribution < 1.29 is 9.53 Å². The van der Waals surface area contributed by atoms with Crippen molar-refractivity contribution >= 4 is 43.4 Å². The molecular formula is C18H17BrN2O2S. The first kappa shape index (κ1) is 17.1. The lowest BCUT2D eigenvalue weighted by atomic mass is 10.2. The molecule has 4 nitrogen and oxygen atoms in total. The van der Waals surface area contributed by atoms with Gasteiger partial charge in [0.05, 0.1) is 16.8 Å². The van der Waals surface area contributed by atoms with Crippen LogP contribution in [0.4, 0.5) is 0 Å². The number of aryl methyl sites for hydroxylation is 1. The molecule has 1 heterocycles. The van der Waals surface area contributed by atoms with E-state index in [9.17, 15) is 4.79 Å². The van der Waals surface area contributed by atoms with E-state index in [-0.39, 0.29) is 5.91 Å². The van der Waals surface area contributed by atoms with Crippen molar-refractivity contribution in [2.24, 2.45) is 4.99 Å². The summed E-state index contributed by atoms with van der Waals surface area (Å²) in [4.78, 5) is 17.6. The summed E-state index contributed by atoms with van der Waals surface area (Å²) in [6, 6.07) is 13.4. The molecule has 0 spiro atoms. The summed E-state index contributed by atoms with van der Waals surface area (Å²) < 4.78 is 9.33. The Morgan fingerprint density at radius 3 is 2.71 bits per heavy atom. The number of aromatic nitrogens is 1. The second kappa shape index (κ2) is 7.42. The third-order valence-electron chi connectivity index (χ3n) is 3.71. The number of carbonyl (C=O) groups is 1. The van der Waals surface area contributed by atoms with Crippen molar-refractivity contribution in [2.75, 3.05) is 13.7 Å². The topological polar surface area (TPSA) is 43.6 Å². The van der Waals surface area contributed by atoms with E-state index in [4.69, 9.17) is 4.74 Å². The number of carbonyl (C=O) groups excluding carboxylic acids is 1. The monoisotopic (exact) mass is 404 g/mol. The summed E-state index contributed by atoms with van der Waals surface area (Å²) in [5.74, 6) is -0.238. The van der Waals surface area contributed by atoms with Gasteiger partial charge in [-0.1, -0.05) is 39.4 Å². The predicted molar refractivity (Wildman–Crippen MR) is 100 cm³/mol. The Balaban J connectivity index is 2.12. The van der Waals surface area contributed by atoms with Crippen LogP contribution in [0.5, 0.6) is 0 Å². The molecule has 0 aliphatic rings. The van der Waals surface area contributed by atoms with E-state index >= 15 is 0 Å². The quantitative estimate of drug-likeness (QED) is 0.654. The summed E-state index contributed by atoms with van der Waals surface area (Å²) in [6.07, 6.45) is 0. The molecule has 1 amide bonds. The molecule has 2 aromatic carbocycles. The molecule has 0 radical (unpaired) electrons. The molecule has 3 aromatic rings. The van der Waals surface area contributed by atoms with Gasteiger partial charge in [0, 0.05) is 23.7 Å². The molecule has 3 rings (SSSR count). The molecule has 0 saturated heterocycles. The second-order valence-corrected chi connectivity index (χ2v) is 7.30. The molecule has 0 saturated carbocycles. The minimum atomic E-state index is -0.238. The fourth-order valence-corrected chi connectivity index (χ4v) is 3.92. The molecule has 0 atom stereocenters. The van der Waals surface area contributed by atoms with Gasteiger partial charge < -0.3 is 9.30 Å². The molecule has 124 valence electrons. The predicted octanol–water partition coefficient (Wildman–Crippen LogP) is 4.16. The summed E-state index contributed by atoms with van der Waals surface area (Å²) >= 11 is 4.90. The smallest absolute Gasteiger partial charge is 0.279 e. The number of para-hydroxylation sites is 1. The Bertz CT molecular complexity index is 942. The second-order valence-electron chi connectivity index (χ2n) is 5.37. The van der Waals surface area contributed by atoms with E-state index in [2.05, 4.69) is 44.5 Å². The van der Waals surface area contributed by atoms with Gasteiger partial charge in [0.15, 0.2) is 4.80 Å². The summed E-state index contributed by atoms with van der Waals surface area (Å²) in [5, 5.41) is 0. The third-order valence-corrected chi connectivity index (χ3v) is 5.28. The van der Waals surface area contributed by atoms with Crippen LogP contribution in [-0.4, -0.2) is 24.2 Å². The molecule has 0 unspecified atom stereocenters. The maximum absolute atomic E-state index is 12.5. The van der Waals surface area contributed by atoms with Gasteiger partial charge >= 0.3 is 0 Å². The van der Waals surface area contributed by atoms with Crippen LogP contribution in [0, 0.1) is 6.92 Å². The van der Waals surface area contributed by atoms with E-state index in [0.29, 0.717) is 23.5 Å². The van der Waals surface area contributed by atoms with Gasteiger partial charge in [0.25, 0.3) is 5.91 Å². The Morgan fingerprint density at radius 1 is 1.25 bits per heavy atom. The molecule has 6 heteroatoms. The number of nitrogens with zero attached hydrogens (tertiary/aromatic N) is 2. The minimum Gasteiger partial charge on any atom is -0.383 e. The molecule has 0 bridgehead atoms. The Kier molecular flexibility index (Phi) is 5.28. The molecule has 0 aliphatic carbocycles. The molecule has 0 aliphatic heterocycles. The zero-order valence-electron chi connectivity index (χ0n) is 13.5. The number of hydrogen-bond acceptors (Lipinski definition) is 3. The average molecular weight is 405 g/mol. The fraction of sp³-hybridized carbons (Fsp3) is 0.222. The number of ether oxygens (including phenoxy) is 1. The SMILES string of the molecule is COCCn1c(=NC(=O)c2ccc(Br)cc2)sc2cccc(C)c21.